The van der Waals surface area contributed by atoms with Crippen molar-refractivity contribution in [2.24, 2.45) is 5.73 Å². The van der Waals surface area contributed by atoms with Gasteiger partial charge >= 0.3 is 0 Å². The Morgan fingerprint density at radius 2 is 2.05 bits per heavy atom. The summed E-state index contributed by atoms with van der Waals surface area (Å²) in [4.78, 5) is 0. The molecule has 3 nitrogen and oxygen atoms in total. The predicted molar refractivity (Wildman–Crippen MR) is 79.2 cm³/mol. The van der Waals surface area contributed by atoms with Crippen LogP contribution in [-0.4, -0.2) is 16.3 Å². The van der Waals surface area contributed by atoms with E-state index < -0.39 is 0 Å². The van der Waals surface area contributed by atoms with E-state index in [1.807, 2.05) is 16.8 Å². The second-order valence-corrected chi connectivity index (χ2v) is 4.95. The minimum Gasteiger partial charge on any atom is -0.330 e. The third kappa shape index (κ3) is 3.07. The van der Waals surface area contributed by atoms with E-state index >= 15 is 0 Å². The van der Waals surface area contributed by atoms with Gasteiger partial charge in [-0.25, -0.2) is 4.39 Å². The third-order valence-corrected chi connectivity index (χ3v) is 3.66. The largest absolute Gasteiger partial charge is 0.330 e. The lowest BCUT2D eigenvalue weighted by atomic mass is 9.93. The van der Waals surface area contributed by atoms with E-state index in [2.05, 4.69) is 25.0 Å². The van der Waals surface area contributed by atoms with Crippen molar-refractivity contribution < 1.29 is 4.39 Å². The summed E-state index contributed by atoms with van der Waals surface area (Å²) in [5.41, 5.74) is 8.75. The normalized spacial score (nSPS) is 12.6. The summed E-state index contributed by atoms with van der Waals surface area (Å²) >= 11 is 0. The molecule has 0 spiro atoms. The van der Waals surface area contributed by atoms with Crippen LogP contribution >= 0.6 is 0 Å². The molecule has 1 aromatic carbocycles. The molecule has 0 fully saturated rings. The molecule has 1 unspecified atom stereocenters. The van der Waals surface area contributed by atoms with Crippen molar-refractivity contribution in [1.82, 2.24) is 9.78 Å². The fraction of sp³-hybridized carbons (Fsp3) is 0.438. The first-order chi connectivity index (χ1) is 9.69. The Morgan fingerprint density at radius 3 is 2.65 bits per heavy atom. The fourth-order valence-corrected chi connectivity index (χ4v) is 2.50. The molecule has 2 aromatic rings. The van der Waals surface area contributed by atoms with Gasteiger partial charge in [-0.1, -0.05) is 25.1 Å². The minimum absolute atomic E-state index is 0.0112. The van der Waals surface area contributed by atoms with Crippen LogP contribution in [0, 0.1) is 5.82 Å². The summed E-state index contributed by atoms with van der Waals surface area (Å²) in [7, 11) is 0. The maximum absolute atomic E-state index is 13.9. The molecule has 0 saturated carbocycles. The zero-order chi connectivity index (χ0) is 14.5. The quantitative estimate of drug-likeness (QED) is 0.881. The van der Waals surface area contributed by atoms with Crippen LogP contribution < -0.4 is 5.73 Å². The average Bonchev–Trinajstić information content (AvgIpc) is 2.88. The Balaban J connectivity index is 2.26. The standard InChI is InChI=1S/C16H22FN3/c1-3-13-10-14(20(4-2)19-13)9-12(11-18)15-7-5-6-8-16(15)17/h5-8,10,12H,3-4,9,11,18H2,1-2H3. The van der Waals surface area contributed by atoms with E-state index in [-0.39, 0.29) is 11.7 Å². The summed E-state index contributed by atoms with van der Waals surface area (Å²) in [5.74, 6) is -0.191. The molecule has 1 aromatic heterocycles. The lowest BCUT2D eigenvalue weighted by Gasteiger charge is -2.16. The van der Waals surface area contributed by atoms with Crippen molar-refractivity contribution in [3.63, 3.8) is 0 Å². The van der Waals surface area contributed by atoms with Crippen molar-refractivity contribution >= 4 is 0 Å². The highest BCUT2D eigenvalue weighted by molar-refractivity contribution is 5.24. The molecule has 0 saturated heterocycles. The molecular weight excluding hydrogens is 253 g/mol. The van der Waals surface area contributed by atoms with E-state index in [1.165, 1.54) is 6.07 Å². The van der Waals surface area contributed by atoms with Gasteiger partial charge in [0, 0.05) is 18.2 Å². The van der Waals surface area contributed by atoms with Gasteiger partial charge in [-0.05, 0) is 44.0 Å². The molecule has 0 bridgehead atoms. The van der Waals surface area contributed by atoms with Crippen LogP contribution in [-0.2, 0) is 19.4 Å². The Labute approximate surface area is 119 Å². The van der Waals surface area contributed by atoms with Gasteiger partial charge in [0.15, 0.2) is 0 Å². The van der Waals surface area contributed by atoms with Gasteiger partial charge in [0.2, 0.25) is 0 Å². The Morgan fingerprint density at radius 1 is 1.30 bits per heavy atom. The third-order valence-electron chi connectivity index (χ3n) is 3.66. The summed E-state index contributed by atoms with van der Waals surface area (Å²) in [6, 6.07) is 8.98. The van der Waals surface area contributed by atoms with Gasteiger partial charge in [-0.3, -0.25) is 4.68 Å². The van der Waals surface area contributed by atoms with Crippen LogP contribution in [0.1, 0.15) is 36.7 Å². The van der Waals surface area contributed by atoms with Crippen molar-refractivity contribution in [3.8, 4) is 0 Å². The van der Waals surface area contributed by atoms with Crippen LogP contribution in [0.3, 0.4) is 0 Å². The number of rotatable bonds is 6. The van der Waals surface area contributed by atoms with Crippen LogP contribution in [0.2, 0.25) is 0 Å². The molecular formula is C16H22FN3. The average molecular weight is 275 g/mol. The maximum Gasteiger partial charge on any atom is 0.126 e. The minimum atomic E-state index is -0.179. The zero-order valence-electron chi connectivity index (χ0n) is 12.1. The predicted octanol–water partition coefficient (Wildman–Crippen LogP) is 2.89. The Bertz CT molecular complexity index is 563. The molecule has 0 amide bonds. The summed E-state index contributed by atoms with van der Waals surface area (Å²) in [6.45, 7) is 5.40. The number of nitrogens with two attached hydrogens (primary N) is 1. The first kappa shape index (κ1) is 14.7. The van der Waals surface area contributed by atoms with Crippen molar-refractivity contribution in [2.75, 3.05) is 6.54 Å². The monoisotopic (exact) mass is 275 g/mol. The molecule has 20 heavy (non-hydrogen) atoms. The fourth-order valence-electron chi connectivity index (χ4n) is 2.50. The van der Waals surface area contributed by atoms with E-state index in [0.717, 1.165) is 30.8 Å². The van der Waals surface area contributed by atoms with Gasteiger partial charge in [0.05, 0.1) is 5.69 Å². The SMILES string of the molecule is CCc1cc(CC(CN)c2ccccc2F)n(CC)n1. The summed E-state index contributed by atoms with van der Waals surface area (Å²) in [6.07, 6.45) is 1.63. The highest BCUT2D eigenvalue weighted by atomic mass is 19.1. The molecule has 0 aliphatic rings. The van der Waals surface area contributed by atoms with Gasteiger partial charge in [0.25, 0.3) is 0 Å². The lowest BCUT2D eigenvalue weighted by molar-refractivity contribution is 0.550. The van der Waals surface area contributed by atoms with E-state index in [4.69, 9.17) is 5.73 Å². The van der Waals surface area contributed by atoms with Gasteiger partial charge in [0.1, 0.15) is 5.82 Å². The lowest BCUT2D eigenvalue weighted by Crippen LogP contribution is -2.18. The Kier molecular flexibility index (Phi) is 4.90. The summed E-state index contributed by atoms with van der Waals surface area (Å²) in [5, 5.41) is 4.53. The molecule has 2 rings (SSSR count). The smallest absolute Gasteiger partial charge is 0.126 e. The Hall–Kier alpha value is -1.68. The van der Waals surface area contributed by atoms with Crippen LogP contribution in [0.4, 0.5) is 4.39 Å². The van der Waals surface area contributed by atoms with E-state index in [9.17, 15) is 4.39 Å². The molecule has 0 aliphatic heterocycles. The van der Waals surface area contributed by atoms with Gasteiger partial charge in [-0.15, -0.1) is 0 Å². The van der Waals surface area contributed by atoms with Crippen molar-refractivity contribution in [3.05, 3.63) is 53.1 Å². The molecule has 0 aliphatic carbocycles. The number of nitrogens with zero attached hydrogens (tertiary/aromatic N) is 2. The van der Waals surface area contributed by atoms with Crippen molar-refractivity contribution in [2.45, 2.75) is 39.2 Å². The molecule has 1 heterocycles. The second kappa shape index (κ2) is 6.66. The van der Waals surface area contributed by atoms with Gasteiger partial charge in [-0.2, -0.15) is 5.10 Å². The van der Waals surface area contributed by atoms with E-state index in [1.54, 1.807) is 6.07 Å². The summed E-state index contributed by atoms with van der Waals surface area (Å²) < 4.78 is 15.9. The highest BCUT2D eigenvalue weighted by Crippen LogP contribution is 2.23. The van der Waals surface area contributed by atoms with Crippen LogP contribution in [0.15, 0.2) is 30.3 Å². The molecule has 0 radical (unpaired) electrons. The highest BCUT2D eigenvalue weighted by Gasteiger charge is 2.17. The van der Waals surface area contributed by atoms with Gasteiger partial charge < -0.3 is 5.73 Å². The van der Waals surface area contributed by atoms with Crippen LogP contribution in [0.25, 0.3) is 0 Å². The topological polar surface area (TPSA) is 43.8 Å². The second-order valence-electron chi connectivity index (χ2n) is 4.95. The first-order valence-electron chi connectivity index (χ1n) is 7.19. The first-order valence-corrected chi connectivity index (χ1v) is 7.19. The number of halogens is 1. The number of aryl methyl sites for hydroxylation is 2. The van der Waals surface area contributed by atoms with E-state index in [0.29, 0.717) is 12.1 Å². The zero-order valence-corrected chi connectivity index (χ0v) is 12.1. The number of hydrogen-bond acceptors (Lipinski definition) is 2. The number of benzene rings is 1. The van der Waals surface area contributed by atoms with Crippen molar-refractivity contribution in [1.29, 1.82) is 0 Å². The molecule has 1 atom stereocenters. The van der Waals surface area contributed by atoms with Crippen LogP contribution in [0.5, 0.6) is 0 Å². The number of aromatic nitrogens is 2. The molecule has 4 heteroatoms. The molecule has 108 valence electrons. The molecule has 2 N–H and O–H groups in total. The number of hydrogen-bond donors (Lipinski definition) is 1. The maximum atomic E-state index is 13.9.